The number of rotatable bonds is 4. The first kappa shape index (κ1) is 19.9. The lowest BCUT2D eigenvalue weighted by molar-refractivity contribution is -0.118. The maximum Gasteiger partial charge on any atom is 0.262 e. The van der Waals surface area contributed by atoms with Gasteiger partial charge in [0, 0.05) is 29.6 Å². The molecular weight excluding hydrogens is 416 g/mol. The van der Waals surface area contributed by atoms with Crippen LogP contribution in [0, 0.1) is 5.92 Å². The zero-order valence-corrected chi connectivity index (χ0v) is 17.0. The molecule has 0 spiro atoms. The number of nitrogens with zero attached hydrogens (tertiary/aromatic N) is 1. The van der Waals surface area contributed by atoms with Crippen molar-refractivity contribution in [3.63, 3.8) is 0 Å². The van der Waals surface area contributed by atoms with Crippen LogP contribution in [0.5, 0.6) is 5.75 Å². The molecule has 0 radical (unpaired) electrons. The Morgan fingerprint density at radius 2 is 1.79 bits per heavy atom. The van der Waals surface area contributed by atoms with Gasteiger partial charge >= 0.3 is 0 Å². The van der Waals surface area contributed by atoms with Crippen molar-refractivity contribution in [3.05, 3.63) is 53.1 Å². The maximum atomic E-state index is 12.9. The zero-order chi connectivity index (χ0) is 20.6. The van der Waals surface area contributed by atoms with Crippen molar-refractivity contribution in [2.24, 2.45) is 5.92 Å². The Bertz CT molecular complexity index is 1060. The number of hydrogen-bond acceptors (Lipinski definition) is 5. The van der Waals surface area contributed by atoms with Crippen molar-refractivity contribution in [2.45, 2.75) is 17.7 Å². The van der Waals surface area contributed by atoms with E-state index in [1.54, 1.807) is 30.3 Å². The van der Waals surface area contributed by atoms with Crippen LogP contribution >= 0.6 is 11.6 Å². The summed E-state index contributed by atoms with van der Waals surface area (Å²) in [7, 11) is -3.61. The molecule has 152 valence electrons. The molecule has 0 aliphatic carbocycles. The van der Waals surface area contributed by atoms with Gasteiger partial charge in [0.2, 0.25) is 10.0 Å². The van der Waals surface area contributed by atoms with E-state index in [2.05, 4.69) is 5.32 Å². The smallest absolute Gasteiger partial charge is 0.262 e. The predicted octanol–water partition coefficient (Wildman–Crippen LogP) is 2.95. The minimum Gasteiger partial charge on any atom is -0.482 e. The van der Waals surface area contributed by atoms with Gasteiger partial charge in [-0.15, -0.1) is 0 Å². The van der Waals surface area contributed by atoms with Gasteiger partial charge in [-0.25, -0.2) is 8.42 Å². The number of anilines is 1. The largest absolute Gasteiger partial charge is 0.482 e. The summed E-state index contributed by atoms with van der Waals surface area (Å²) >= 11 is 5.84. The number of carbonyl (C=O) groups excluding carboxylic acids is 2. The topological polar surface area (TPSA) is 92.8 Å². The van der Waals surface area contributed by atoms with Crippen molar-refractivity contribution in [1.29, 1.82) is 0 Å². The van der Waals surface area contributed by atoms with Gasteiger partial charge in [0.15, 0.2) is 12.4 Å². The molecule has 2 aromatic rings. The number of ether oxygens (including phenoxy) is 1. The minimum absolute atomic E-state index is 0.0408. The Labute approximate surface area is 173 Å². The van der Waals surface area contributed by atoms with Crippen LogP contribution in [0.25, 0.3) is 0 Å². The summed E-state index contributed by atoms with van der Waals surface area (Å²) in [5.74, 6) is -0.0612. The van der Waals surface area contributed by atoms with E-state index in [1.165, 1.54) is 16.4 Å². The number of fused-ring (bicyclic) bond motifs is 1. The van der Waals surface area contributed by atoms with Gasteiger partial charge in [-0.05, 0) is 55.3 Å². The van der Waals surface area contributed by atoms with Crippen molar-refractivity contribution in [3.8, 4) is 5.75 Å². The minimum atomic E-state index is -3.61. The lowest BCUT2D eigenvalue weighted by Gasteiger charge is -2.30. The molecule has 1 saturated heterocycles. The van der Waals surface area contributed by atoms with Gasteiger partial charge in [0.05, 0.1) is 10.6 Å². The molecule has 0 bridgehead atoms. The van der Waals surface area contributed by atoms with Crippen LogP contribution in [0.15, 0.2) is 47.4 Å². The average molecular weight is 435 g/mol. The highest BCUT2D eigenvalue weighted by Crippen LogP contribution is 2.31. The highest BCUT2D eigenvalue weighted by atomic mass is 35.5. The predicted molar refractivity (Wildman–Crippen MR) is 108 cm³/mol. The van der Waals surface area contributed by atoms with E-state index in [9.17, 15) is 18.0 Å². The number of amides is 1. The summed E-state index contributed by atoms with van der Waals surface area (Å²) in [4.78, 5) is 24.6. The third kappa shape index (κ3) is 4.01. The quantitative estimate of drug-likeness (QED) is 0.747. The Balaban J connectivity index is 1.44. The molecule has 0 unspecified atom stereocenters. The number of carbonyl (C=O) groups is 2. The molecule has 1 amide bonds. The summed E-state index contributed by atoms with van der Waals surface area (Å²) in [6.07, 6.45) is 0.872. The fourth-order valence-electron chi connectivity index (χ4n) is 3.59. The van der Waals surface area contributed by atoms with Gasteiger partial charge < -0.3 is 10.1 Å². The lowest BCUT2D eigenvalue weighted by atomic mass is 9.89. The van der Waals surface area contributed by atoms with Gasteiger partial charge in [-0.2, -0.15) is 4.31 Å². The van der Waals surface area contributed by atoms with Crippen LogP contribution in [-0.2, 0) is 14.8 Å². The monoisotopic (exact) mass is 434 g/mol. The summed E-state index contributed by atoms with van der Waals surface area (Å²) in [5.41, 5.74) is 0.961. The second kappa shape index (κ2) is 7.78. The third-order valence-electron chi connectivity index (χ3n) is 5.17. The number of hydrogen-bond donors (Lipinski definition) is 1. The lowest BCUT2D eigenvalue weighted by Crippen LogP contribution is -2.40. The van der Waals surface area contributed by atoms with E-state index in [0.29, 0.717) is 34.9 Å². The number of ketones is 1. The average Bonchev–Trinajstić information content (AvgIpc) is 2.73. The molecule has 29 heavy (non-hydrogen) atoms. The first-order valence-electron chi connectivity index (χ1n) is 9.21. The van der Waals surface area contributed by atoms with Gasteiger partial charge in [0.25, 0.3) is 5.91 Å². The molecular formula is C20H19ClN2O5S. The first-order chi connectivity index (χ1) is 13.8. The van der Waals surface area contributed by atoms with E-state index < -0.39 is 10.0 Å². The molecule has 2 aliphatic rings. The Kier molecular flexibility index (Phi) is 5.33. The molecule has 2 aromatic carbocycles. The number of benzene rings is 2. The maximum absolute atomic E-state index is 12.9. The molecule has 1 fully saturated rings. The second-order valence-electron chi connectivity index (χ2n) is 7.04. The summed E-state index contributed by atoms with van der Waals surface area (Å²) < 4.78 is 32.3. The van der Waals surface area contributed by atoms with Crippen molar-refractivity contribution >= 4 is 39.0 Å². The molecule has 2 aliphatic heterocycles. The Hall–Kier alpha value is -2.42. The van der Waals surface area contributed by atoms with Crippen molar-refractivity contribution in [1.82, 2.24) is 4.31 Å². The summed E-state index contributed by atoms with van der Waals surface area (Å²) in [5, 5.41) is 3.17. The molecule has 2 heterocycles. The number of sulfonamides is 1. The number of piperidine rings is 1. The standard InChI is InChI=1S/C20H19ClN2O5S/c21-15-2-4-16(5-3-15)29(26,27)23-9-7-13(8-10-23)20(25)14-1-6-18-17(11-14)22-19(24)12-28-18/h1-6,11,13H,7-10,12H2,(H,22,24). The van der Waals surface area contributed by atoms with E-state index in [4.69, 9.17) is 16.3 Å². The molecule has 7 nitrogen and oxygen atoms in total. The molecule has 4 rings (SSSR count). The Morgan fingerprint density at radius 1 is 1.10 bits per heavy atom. The molecule has 0 saturated carbocycles. The van der Waals surface area contributed by atoms with E-state index in [-0.39, 0.29) is 42.2 Å². The summed E-state index contributed by atoms with van der Waals surface area (Å²) in [6, 6.07) is 11.0. The summed E-state index contributed by atoms with van der Waals surface area (Å²) in [6.45, 7) is 0.499. The highest BCUT2D eigenvalue weighted by molar-refractivity contribution is 7.89. The Morgan fingerprint density at radius 3 is 2.48 bits per heavy atom. The first-order valence-corrected chi connectivity index (χ1v) is 11.0. The van der Waals surface area contributed by atoms with Crippen LogP contribution in [0.4, 0.5) is 5.69 Å². The van der Waals surface area contributed by atoms with E-state index in [0.717, 1.165) is 0 Å². The van der Waals surface area contributed by atoms with Crippen LogP contribution in [-0.4, -0.2) is 44.1 Å². The number of Topliss-reactive ketones (excluding diaryl/α,β-unsaturated/α-hetero) is 1. The van der Waals surface area contributed by atoms with Crippen molar-refractivity contribution in [2.75, 3.05) is 25.0 Å². The van der Waals surface area contributed by atoms with Crippen LogP contribution in [0.2, 0.25) is 5.02 Å². The van der Waals surface area contributed by atoms with E-state index in [1.807, 2.05) is 0 Å². The van der Waals surface area contributed by atoms with Gasteiger partial charge in [0.1, 0.15) is 5.75 Å². The zero-order valence-electron chi connectivity index (χ0n) is 15.4. The molecule has 1 N–H and O–H groups in total. The fraction of sp³-hybridized carbons (Fsp3) is 0.300. The SMILES string of the molecule is O=C1COc2ccc(C(=O)C3CCN(S(=O)(=O)c4ccc(Cl)cc4)CC3)cc2N1. The fourth-order valence-corrected chi connectivity index (χ4v) is 5.18. The molecule has 0 atom stereocenters. The second-order valence-corrected chi connectivity index (χ2v) is 9.42. The van der Waals surface area contributed by atoms with Gasteiger partial charge in [-0.1, -0.05) is 11.6 Å². The number of nitrogens with one attached hydrogen (secondary N) is 1. The van der Waals surface area contributed by atoms with Crippen LogP contribution in [0.3, 0.4) is 0 Å². The third-order valence-corrected chi connectivity index (χ3v) is 7.34. The van der Waals surface area contributed by atoms with Gasteiger partial charge in [-0.3, -0.25) is 9.59 Å². The normalized spacial score (nSPS) is 17.9. The van der Waals surface area contributed by atoms with E-state index >= 15 is 0 Å². The van der Waals surface area contributed by atoms with Crippen molar-refractivity contribution < 1.29 is 22.7 Å². The number of halogens is 1. The van der Waals surface area contributed by atoms with Crippen LogP contribution in [0.1, 0.15) is 23.2 Å². The highest BCUT2D eigenvalue weighted by Gasteiger charge is 2.32. The van der Waals surface area contributed by atoms with Crippen LogP contribution < -0.4 is 10.1 Å². The molecule has 9 heteroatoms. The molecule has 0 aromatic heterocycles.